The third-order valence-electron chi connectivity index (χ3n) is 13.6. The topological polar surface area (TPSA) is 234 Å². The third kappa shape index (κ3) is 15.2. The van der Waals surface area contributed by atoms with Crippen LogP contribution in [0.1, 0.15) is 94.1 Å². The van der Waals surface area contributed by atoms with Gasteiger partial charge in [0, 0.05) is 64.1 Å². The van der Waals surface area contributed by atoms with Gasteiger partial charge in [-0.25, -0.2) is 14.4 Å². The lowest BCUT2D eigenvalue weighted by Crippen LogP contribution is -2.60. The summed E-state index contributed by atoms with van der Waals surface area (Å²) in [6.45, 7) is 17.1. The van der Waals surface area contributed by atoms with Crippen molar-refractivity contribution in [1.82, 2.24) is 35.6 Å². The molecule has 6 amide bonds. The Kier molecular flexibility index (Phi) is 21.0. The summed E-state index contributed by atoms with van der Waals surface area (Å²) in [5.41, 5.74) is -0.335. The van der Waals surface area contributed by atoms with Gasteiger partial charge in [0.15, 0.2) is 6.10 Å². The molecule has 2 bridgehead atoms. The zero-order valence-corrected chi connectivity index (χ0v) is 44.2. The van der Waals surface area contributed by atoms with E-state index in [-0.39, 0.29) is 57.0 Å². The summed E-state index contributed by atoms with van der Waals surface area (Å²) in [5.74, 6) is -6.46. The average molecular weight is 1010 g/mol. The van der Waals surface area contributed by atoms with Gasteiger partial charge in [0.1, 0.15) is 35.9 Å². The predicted molar refractivity (Wildman–Crippen MR) is 265 cm³/mol. The van der Waals surface area contributed by atoms with Crippen LogP contribution in [-0.4, -0.2) is 174 Å². The Hall–Kier alpha value is -5.53. The zero-order chi connectivity index (χ0) is 53.1. The second kappa shape index (κ2) is 25.7. The molecule has 19 nitrogen and oxygen atoms in total. The van der Waals surface area contributed by atoms with Crippen molar-refractivity contribution in [2.24, 2.45) is 17.8 Å². The number of β-amino-alcohol motifs (C(OH)–C–C–N with tert-alkyl or cyclic N) is 1. The monoisotopic (exact) mass is 1010 g/mol. The van der Waals surface area contributed by atoms with E-state index in [9.17, 15) is 43.5 Å². The zero-order valence-electron chi connectivity index (χ0n) is 43.4. The van der Waals surface area contributed by atoms with Crippen LogP contribution in [0.2, 0.25) is 5.02 Å². The molecule has 1 aromatic rings. The van der Waals surface area contributed by atoms with E-state index in [0.717, 1.165) is 4.90 Å². The first kappa shape index (κ1) is 58.0. The summed E-state index contributed by atoms with van der Waals surface area (Å²) < 4.78 is 18.4. The Labute approximate surface area is 423 Å². The molecule has 9 atom stereocenters. The molecule has 1 aromatic carbocycles. The first-order valence-electron chi connectivity index (χ1n) is 24.6. The Morgan fingerprint density at radius 2 is 1.59 bits per heavy atom. The Morgan fingerprint density at radius 3 is 2.20 bits per heavy atom. The first-order chi connectivity index (χ1) is 33.3. The van der Waals surface area contributed by atoms with Crippen molar-refractivity contribution in [1.29, 1.82) is 0 Å². The highest BCUT2D eigenvalue weighted by Crippen LogP contribution is 2.31. The van der Waals surface area contributed by atoms with Crippen molar-refractivity contribution in [2.75, 3.05) is 53.4 Å². The van der Waals surface area contributed by atoms with Gasteiger partial charge in [0.25, 0.3) is 5.91 Å². The molecule has 4 N–H and O–H groups in total. The average Bonchev–Trinajstić information content (AvgIpc) is 3.31. The number of rotatable bonds is 9. The van der Waals surface area contributed by atoms with Crippen molar-refractivity contribution in [3.8, 4) is 0 Å². The highest BCUT2D eigenvalue weighted by Gasteiger charge is 2.44. The molecule has 3 heterocycles. The van der Waals surface area contributed by atoms with Gasteiger partial charge in [-0.15, -0.1) is 0 Å². The van der Waals surface area contributed by atoms with Gasteiger partial charge < -0.3 is 45.1 Å². The fourth-order valence-corrected chi connectivity index (χ4v) is 9.00. The van der Waals surface area contributed by atoms with E-state index in [1.807, 2.05) is 25.7 Å². The number of nitrogens with one attached hydrogen (secondary N) is 3. The number of nitrogens with zero attached hydrogens (tertiary/aromatic N) is 4. The number of hydrogen-bond donors (Lipinski definition) is 4. The van der Waals surface area contributed by atoms with Crippen LogP contribution in [0.3, 0.4) is 0 Å². The number of halogens is 1. The van der Waals surface area contributed by atoms with Crippen molar-refractivity contribution < 1.29 is 57.7 Å². The SMILES string of the molecule is C/C=C(\C)[C@H]1OC(=O)C(C)(C)NC(=O)[C@H](C(C)CC)NC(=O)CN(C)C(=O)[C@@H](Cc2ccc(Cl)cc2)N(C)C(=O)[C@H](C)NC(=O)[C@@H](CC(C)C)OC(=O)/C2=C/C[C@H](OC(=O)N3CCN(CCO)CC23)[C@@H]1C. The van der Waals surface area contributed by atoms with Crippen LogP contribution in [0.15, 0.2) is 47.6 Å². The lowest BCUT2D eigenvalue weighted by Gasteiger charge is -2.43. The maximum Gasteiger partial charge on any atom is 0.410 e. The van der Waals surface area contributed by atoms with E-state index >= 15 is 0 Å². The number of hydrogen-bond acceptors (Lipinski definition) is 13. The molecule has 1 saturated heterocycles. The molecule has 1 fully saturated rings. The summed E-state index contributed by atoms with van der Waals surface area (Å²) in [4.78, 5) is 120. The van der Waals surface area contributed by atoms with Crippen molar-refractivity contribution in [3.05, 3.63) is 58.1 Å². The Bertz CT molecular complexity index is 2170. The summed E-state index contributed by atoms with van der Waals surface area (Å²) in [6, 6.07) is 2.19. The number of amides is 6. The quantitative estimate of drug-likeness (QED) is 0.158. The number of esters is 2. The van der Waals surface area contributed by atoms with Crippen LogP contribution < -0.4 is 16.0 Å². The Morgan fingerprint density at radius 1 is 0.930 bits per heavy atom. The normalized spacial score (nSPS) is 28.9. The number of aliphatic hydroxyl groups is 1. The van der Waals surface area contributed by atoms with Gasteiger partial charge in [-0.05, 0) is 76.1 Å². The third-order valence-corrected chi connectivity index (χ3v) is 13.9. The molecule has 71 heavy (non-hydrogen) atoms. The van der Waals surface area contributed by atoms with E-state index < -0.39 is 114 Å². The van der Waals surface area contributed by atoms with Crippen LogP contribution in [0, 0.1) is 17.8 Å². The standard InChI is InChI=1S/C51H76ClN7O12/c1-13-30(5)42-45(63)55-51(9,10)49(67)71-43(31(6)14-2)32(7)39-20-19-36(38-27-58(23-24-60)21-22-59(38)50(68)70-39)48(66)69-40(25-29(3)4)44(62)53-33(8)46(64)57(12)37(26-34-15-17-35(52)18-16-34)47(65)56(11)28-41(61)54-42/h14-19,29-30,32-33,37-40,42-43,60H,13,20-28H2,1-12H3,(H,53,62)(H,54,61)(H,55,63)/b31-14+,36-19+/t30?,32-,33-,37+,38?,39-,40+,42-,43+/m0/s1. The molecule has 0 aliphatic carbocycles. The molecule has 0 spiro atoms. The molecule has 394 valence electrons. The molecule has 2 unspecified atom stereocenters. The van der Waals surface area contributed by atoms with Crippen LogP contribution in [0.25, 0.3) is 0 Å². The largest absolute Gasteiger partial charge is 0.456 e. The second-order valence-corrected chi connectivity index (χ2v) is 20.5. The van der Waals surface area contributed by atoms with E-state index in [4.69, 9.17) is 25.8 Å². The van der Waals surface area contributed by atoms with Crippen LogP contribution in [0.5, 0.6) is 0 Å². The number of ether oxygens (including phenoxy) is 3. The second-order valence-electron chi connectivity index (χ2n) is 20.1. The van der Waals surface area contributed by atoms with Gasteiger partial charge in [0.2, 0.25) is 23.6 Å². The van der Waals surface area contributed by atoms with Crippen molar-refractivity contribution in [2.45, 2.75) is 143 Å². The maximum absolute atomic E-state index is 14.6. The van der Waals surface area contributed by atoms with E-state index in [2.05, 4.69) is 16.0 Å². The number of aliphatic hydroxyl groups excluding tert-OH is 1. The molecule has 3 aliphatic rings. The summed E-state index contributed by atoms with van der Waals surface area (Å²) in [5, 5.41) is 18.5. The summed E-state index contributed by atoms with van der Waals surface area (Å²) >= 11 is 6.17. The van der Waals surface area contributed by atoms with Crippen LogP contribution in [-0.2, 0) is 54.2 Å². The van der Waals surface area contributed by atoms with Crippen molar-refractivity contribution in [3.63, 3.8) is 0 Å². The minimum atomic E-state index is -1.66. The smallest absolute Gasteiger partial charge is 0.410 e. The van der Waals surface area contributed by atoms with Crippen molar-refractivity contribution >= 4 is 59.2 Å². The number of piperazine rings is 1. The molecule has 0 saturated carbocycles. The molecular weight excluding hydrogens is 938 g/mol. The highest BCUT2D eigenvalue weighted by molar-refractivity contribution is 6.30. The number of fused-ring (bicyclic) bond motifs is 4. The van der Waals surface area contributed by atoms with Gasteiger partial charge >= 0.3 is 18.0 Å². The number of benzene rings is 1. The van der Waals surface area contributed by atoms with Gasteiger partial charge in [-0.1, -0.05) is 76.9 Å². The molecule has 0 aromatic heterocycles. The Balaban J connectivity index is 1.86. The number of allylic oxidation sites excluding steroid dienone is 1. The number of carbonyl (C=O) groups is 8. The fraction of sp³-hybridized carbons (Fsp3) is 0.647. The lowest BCUT2D eigenvalue weighted by molar-refractivity contribution is -0.160. The first-order valence-corrected chi connectivity index (χ1v) is 24.9. The lowest BCUT2D eigenvalue weighted by atomic mass is 9.89. The highest BCUT2D eigenvalue weighted by atomic mass is 35.5. The van der Waals surface area contributed by atoms with E-state index in [1.165, 1.54) is 44.7 Å². The van der Waals surface area contributed by atoms with Gasteiger partial charge in [0.05, 0.1) is 24.8 Å². The van der Waals surface area contributed by atoms with E-state index in [0.29, 0.717) is 29.1 Å². The molecule has 3 aliphatic heterocycles. The summed E-state index contributed by atoms with van der Waals surface area (Å²) in [6.07, 6.45) is -0.271. The molecule has 0 radical (unpaired) electrons. The minimum Gasteiger partial charge on any atom is -0.456 e. The van der Waals surface area contributed by atoms with Gasteiger partial charge in [-0.2, -0.15) is 0 Å². The number of cyclic esters (lactones) is 2. The summed E-state index contributed by atoms with van der Waals surface area (Å²) in [7, 11) is 2.80. The van der Waals surface area contributed by atoms with Crippen LogP contribution in [0.4, 0.5) is 4.79 Å². The number of likely N-dealkylation sites (N-methyl/N-ethyl adjacent to an activating group) is 2. The van der Waals surface area contributed by atoms with Gasteiger partial charge in [-0.3, -0.25) is 33.8 Å². The predicted octanol–water partition coefficient (Wildman–Crippen LogP) is 3.40. The van der Waals surface area contributed by atoms with E-state index in [1.54, 1.807) is 64.1 Å². The molecule has 4 rings (SSSR count). The molecule has 20 heteroatoms. The molecular formula is C51H76ClN7O12. The van der Waals surface area contributed by atoms with Crippen LogP contribution >= 0.6 is 11.6 Å². The minimum absolute atomic E-state index is 0.00776. The fourth-order valence-electron chi connectivity index (χ4n) is 8.87. The maximum atomic E-state index is 14.6. The number of carbonyl (C=O) groups excluding carboxylic acids is 8.